The van der Waals surface area contributed by atoms with Crippen molar-refractivity contribution < 1.29 is 9.53 Å². The lowest BCUT2D eigenvalue weighted by atomic mass is 10.0. The van der Waals surface area contributed by atoms with Gasteiger partial charge in [-0.25, -0.2) is 0 Å². The van der Waals surface area contributed by atoms with Gasteiger partial charge in [0.25, 0.3) is 0 Å². The average Bonchev–Trinajstić information content (AvgIpc) is 2.26. The molecule has 0 bridgehead atoms. The number of amides is 1. The van der Waals surface area contributed by atoms with E-state index in [0.717, 1.165) is 26.1 Å². The molecule has 0 saturated carbocycles. The van der Waals surface area contributed by atoms with Crippen molar-refractivity contribution in [2.24, 2.45) is 11.5 Å². The second-order valence-electron chi connectivity index (χ2n) is 4.07. The quantitative estimate of drug-likeness (QED) is 0.635. The van der Waals surface area contributed by atoms with E-state index in [0.29, 0.717) is 19.0 Å². The fourth-order valence-electron chi connectivity index (χ4n) is 2.02. The van der Waals surface area contributed by atoms with Crippen LogP contribution in [0.15, 0.2) is 0 Å². The SMILES string of the molecule is CN(C1CCOCC1)C(CN)CC(N)=O. The lowest BCUT2D eigenvalue weighted by molar-refractivity contribution is -0.119. The summed E-state index contributed by atoms with van der Waals surface area (Å²) >= 11 is 0. The van der Waals surface area contributed by atoms with Gasteiger partial charge in [0.1, 0.15) is 0 Å². The maximum Gasteiger partial charge on any atom is 0.219 e. The number of ether oxygens (including phenoxy) is 1. The van der Waals surface area contributed by atoms with E-state index in [9.17, 15) is 4.79 Å². The summed E-state index contributed by atoms with van der Waals surface area (Å²) in [6.07, 6.45) is 2.35. The zero-order valence-corrected chi connectivity index (χ0v) is 9.32. The Labute approximate surface area is 90.7 Å². The highest BCUT2D eigenvalue weighted by atomic mass is 16.5. The first-order valence-corrected chi connectivity index (χ1v) is 5.43. The normalized spacial score (nSPS) is 20.5. The standard InChI is InChI=1S/C10H21N3O2/c1-13(8-2-4-15-5-3-8)9(7-11)6-10(12)14/h8-9H,2-7,11H2,1H3,(H2,12,14). The lowest BCUT2D eigenvalue weighted by Crippen LogP contribution is -2.48. The second-order valence-corrected chi connectivity index (χ2v) is 4.07. The highest BCUT2D eigenvalue weighted by Gasteiger charge is 2.24. The van der Waals surface area contributed by atoms with E-state index in [2.05, 4.69) is 4.90 Å². The molecule has 4 N–H and O–H groups in total. The monoisotopic (exact) mass is 215 g/mol. The van der Waals surface area contributed by atoms with E-state index in [1.54, 1.807) is 0 Å². The summed E-state index contributed by atoms with van der Waals surface area (Å²) in [7, 11) is 2.01. The van der Waals surface area contributed by atoms with Crippen molar-refractivity contribution in [3.05, 3.63) is 0 Å². The van der Waals surface area contributed by atoms with E-state index in [1.807, 2.05) is 7.05 Å². The van der Waals surface area contributed by atoms with E-state index in [1.165, 1.54) is 0 Å². The van der Waals surface area contributed by atoms with Crippen LogP contribution in [0.25, 0.3) is 0 Å². The zero-order valence-electron chi connectivity index (χ0n) is 9.32. The fraction of sp³-hybridized carbons (Fsp3) is 0.900. The Balaban J connectivity index is 2.46. The molecule has 1 atom stereocenters. The van der Waals surface area contributed by atoms with Gasteiger partial charge < -0.3 is 16.2 Å². The molecule has 1 saturated heterocycles. The molecule has 0 radical (unpaired) electrons. The molecule has 0 aliphatic carbocycles. The molecule has 1 heterocycles. The predicted octanol–water partition coefficient (Wildman–Crippen LogP) is -0.700. The maximum absolute atomic E-state index is 10.9. The average molecular weight is 215 g/mol. The lowest BCUT2D eigenvalue weighted by Gasteiger charge is -2.36. The number of carbonyl (C=O) groups is 1. The van der Waals surface area contributed by atoms with Gasteiger partial charge in [0, 0.05) is 38.3 Å². The molecule has 1 rings (SSSR count). The minimum Gasteiger partial charge on any atom is -0.381 e. The number of hydrogen-bond donors (Lipinski definition) is 2. The summed E-state index contributed by atoms with van der Waals surface area (Å²) in [6.45, 7) is 2.06. The van der Waals surface area contributed by atoms with Crippen LogP contribution in [-0.2, 0) is 9.53 Å². The minimum absolute atomic E-state index is 0.0607. The van der Waals surface area contributed by atoms with Gasteiger partial charge in [-0.15, -0.1) is 0 Å². The summed E-state index contributed by atoms with van der Waals surface area (Å²) in [4.78, 5) is 13.0. The van der Waals surface area contributed by atoms with Crippen molar-refractivity contribution >= 4 is 5.91 Å². The van der Waals surface area contributed by atoms with Gasteiger partial charge in [-0.2, -0.15) is 0 Å². The Morgan fingerprint density at radius 1 is 1.53 bits per heavy atom. The van der Waals surface area contributed by atoms with Crippen molar-refractivity contribution in [1.82, 2.24) is 4.90 Å². The Bertz CT molecular complexity index is 205. The zero-order chi connectivity index (χ0) is 11.3. The number of likely N-dealkylation sites (N-methyl/N-ethyl adjacent to an activating group) is 1. The largest absolute Gasteiger partial charge is 0.381 e. The van der Waals surface area contributed by atoms with E-state index >= 15 is 0 Å². The summed E-state index contributed by atoms with van der Waals surface area (Å²) in [5, 5.41) is 0. The van der Waals surface area contributed by atoms with Gasteiger partial charge >= 0.3 is 0 Å². The van der Waals surface area contributed by atoms with Crippen molar-refractivity contribution in [1.29, 1.82) is 0 Å². The van der Waals surface area contributed by atoms with Crippen LogP contribution in [0.4, 0.5) is 0 Å². The van der Waals surface area contributed by atoms with Gasteiger partial charge in [-0.3, -0.25) is 9.69 Å². The number of nitrogens with zero attached hydrogens (tertiary/aromatic N) is 1. The predicted molar refractivity (Wildman–Crippen MR) is 58.3 cm³/mol. The van der Waals surface area contributed by atoms with Crippen LogP contribution in [0.3, 0.4) is 0 Å². The molecule has 15 heavy (non-hydrogen) atoms. The third kappa shape index (κ3) is 3.77. The van der Waals surface area contributed by atoms with E-state index in [4.69, 9.17) is 16.2 Å². The van der Waals surface area contributed by atoms with Crippen molar-refractivity contribution in [3.8, 4) is 0 Å². The topological polar surface area (TPSA) is 81.6 Å². The Morgan fingerprint density at radius 3 is 2.60 bits per heavy atom. The van der Waals surface area contributed by atoms with Gasteiger partial charge in [-0.05, 0) is 19.9 Å². The van der Waals surface area contributed by atoms with Crippen LogP contribution < -0.4 is 11.5 Å². The molecule has 0 aromatic carbocycles. The number of primary amides is 1. The van der Waals surface area contributed by atoms with Crippen molar-refractivity contribution in [2.75, 3.05) is 26.8 Å². The molecule has 5 heteroatoms. The fourth-order valence-corrected chi connectivity index (χ4v) is 2.02. The molecule has 0 aromatic heterocycles. The smallest absolute Gasteiger partial charge is 0.219 e. The van der Waals surface area contributed by atoms with Gasteiger partial charge in [-0.1, -0.05) is 0 Å². The van der Waals surface area contributed by atoms with Crippen LogP contribution >= 0.6 is 0 Å². The highest BCUT2D eigenvalue weighted by Crippen LogP contribution is 2.16. The Hall–Kier alpha value is -0.650. The molecule has 1 fully saturated rings. The first-order valence-electron chi connectivity index (χ1n) is 5.43. The van der Waals surface area contributed by atoms with Crippen LogP contribution in [0.2, 0.25) is 0 Å². The van der Waals surface area contributed by atoms with Crippen LogP contribution in [0.5, 0.6) is 0 Å². The van der Waals surface area contributed by atoms with Gasteiger partial charge in [0.2, 0.25) is 5.91 Å². The molecule has 1 unspecified atom stereocenters. The molecule has 1 aliphatic heterocycles. The molecule has 88 valence electrons. The number of hydrogen-bond acceptors (Lipinski definition) is 4. The van der Waals surface area contributed by atoms with Crippen LogP contribution in [0, 0.1) is 0 Å². The summed E-state index contributed by atoms with van der Waals surface area (Å²) in [6, 6.07) is 0.525. The number of nitrogens with two attached hydrogens (primary N) is 2. The third-order valence-corrected chi connectivity index (χ3v) is 3.05. The van der Waals surface area contributed by atoms with Crippen LogP contribution in [0.1, 0.15) is 19.3 Å². The molecule has 5 nitrogen and oxygen atoms in total. The summed E-state index contributed by atoms with van der Waals surface area (Å²) < 4.78 is 5.29. The number of rotatable bonds is 5. The number of carbonyl (C=O) groups excluding carboxylic acids is 1. The first-order chi connectivity index (χ1) is 7.15. The maximum atomic E-state index is 10.9. The van der Waals surface area contributed by atoms with E-state index < -0.39 is 0 Å². The molecule has 1 aliphatic rings. The van der Waals surface area contributed by atoms with Gasteiger partial charge in [0.05, 0.1) is 0 Å². The molecule has 1 amide bonds. The minimum atomic E-state index is -0.288. The molecular formula is C10H21N3O2. The second kappa shape index (κ2) is 6.05. The highest BCUT2D eigenvalue weighted by molar-refractivity contribution is 5.74. The van der Waals surface area contributed by atoms with Crippen molar-refractivity contribution in [3.63, 3.8) is 0 Å². The summed E-state index contributed by atoms with van der Waals surface area (Å²) in [5.74, 6) is -0.288. The first kappa shape index (κ1) is 12.4. The van der Waals surface area contributed by atoms with Gasteiger partial charge in [0.15, 0.2) is 0 Å². The van der Waals surface area contributed by atoms with E-state index in [-0.39, 0.29) is 11.9 Å². The molecule has 0 spiro atoms. The molecule has 0 aromatic rings. The Morgan fingerprint density at radius 2 is 2.13 bits per heavy atom. The molecular weight excluding hydrogens is 194 g/mol. The van der Waals surface area contributed by atoms with Crippen molar-refractivity contribution in [2.45, 2.75) is 31.3 Å². The van der Waals surface area contributed by atoms with Crippen LogP contribution in [-0.4, -0.2) is 49.7 Å². The Kier molecular flexibility index (Phi) is 5.01. The summed E-state index contributed by atoms with van der Waals surface area (Å²) in [5.41, 5.74) is 10.8. The third-order valence-electron chi connectivity index (χ3n) is 3.05.